The first kappa shape index (κ1) is 14.0. The second kappa shape index (κ2) is 6.18. The molecule has 2 heterocycles. The van der Waals surface area contributed by atoms with Gasteiger partial charge >= 0.3 is 0 Å². The van der Waals surface area contributed by atoms with Crippen LogP contribution in [0.5, 0.6) is 0 Å². The molecule has 0 radical (unpaired) electrons. The lowest BCUT2D eigenvalue weighted by molar-refractivity contribution is -0.00781. The van der Waals surface area contributed by atoms with Gasteiger partial charge in [0.15, 0.2) is 0 Å². The molecule has 102 valence electrons. The van der Waals surface area contributed by atoms with Crippen molar-refractivity contribution in [1.29, 1.82) is 0 Å². The van der Waals surface area contributed by atoms with E-state index in [9.17, 15) is 5.11 Å². The predicted molar refractivity (Wildman–Crippen MR) is 78.1 cm³/mol. The standard InChI is InChI=1S/C15H25NOS/c1-15(2,16-8-5-3-4-6-9-16)14(17)11-13-7-10-18-12-13/h7,10,12,14,17H,3-6,8-9,11H2,1-2H3. The van der Waals surface area contributed by atoms with Crippen molar-refractivity contribution in [2.45, 2.75) is 57.6 Å². The van der Waals surface area contributed by atoms with E-state index >= 15 is 0 Å². The van der Waals surface area contributed by atoms with Crippen molar-refractivity contribution in [1.82, 2.24) is 4.90 Å². The molecule has 2 nitrogen and oxygen atoms in total. The number of hydrogen-bond acceptors (Lipinski definition) is 3. The summed E-state index contributed by atoms with van der Waals surface area (Å²) in [5.41, 5.74) is 1.14. The van der Waals surface area contributed by atoms with Gasteiger partial charge < -0.3 is 5.11 Å². The molecular formula is C15H25NOS. The van der Waals surface area contributed by atoms with E-state index in [0.29, 0.717) is 0 Å². The number of aliphatic hydroxyl groups excluding tert-OH is 1. The summed E-state index contributed by atoms with van der Waals surface area (Å²) in [5, 5.41) is 14.8. The van der Waals surface area contributed by atoms with E-state index in [1.54, 1.807) is 11.3 Å². The minimum atomic E-state index is -0.287. The molecule has 1 aliphatic heterocycles. The van der Waals surface area contributed by atoms with E-state index in [1.807, 2.05) is 0 Å². The number of nitrogens with zero attached hydrogens (tertiary/aromatic N) is 1. The van der Waals surface area contributed by atoms with Crippen LogP contribution in [0.1, 0.15) is 45.1 Å². The van der Waals surface area contributed by atoms with Gasteiger partial charge in [-0.2, -0.15) is 11.3 Å². The van der Waals surface area contributed by atoms with Gasteiger partial charge in [-0.15, -0.1) is 0 Å². The van der Waals surface area contributed by atoms with Crippen LogP contribution in [0.2, 0.25) is 0 Å². The molecule has 1 N–H and O–H groups in total. The van der Waals surface area contributed by atoms with Crippen molar-refractivity contribution in [3.63, 3.8) is 0 Å². The second-order valence-corrected chi connectivity index (χ2v) is 6.69. The summed E-state index contributed by atoms with van der Waals surface area (Å²) in [6.07, 6.45) is 5.71. The van der Waals surface area contributed by atoms with Crippen LogP contribution in [-0.2, 0) is 6.42 Å². The molecule has 2 rings (SSSR count). The Hall–Kier alpha value is -0.380. The quantitative estimate of drug-likeness (QED) is 0.904. The lowest BCUT2D eigenvalue weighted by Gasteiger charge is -2.41. The van der Waals surface area contributed by atoms with Crippen LogP contribution in [0.25, 0.3) is 0 Å². The lowest BCUT2D eigenvalue weighted by Crippen LogP contribution is -2.53. The lowest BCUT2D eigenvalue weighted by atomic mass is 9.90. The average molecular weight is 267 g/mol. The van der Waals surface area contributed by atoms with Crippen LogP contribution < -0.4 is 0 Å². The molecule has 0 saturated carbocycles. The fourth-order valence-electron chi connectivity index (χ4n) is 2.74. The van der Waals surface area contributed by atoms with Gasteiger partial charge in [0.05, 0.1) is 6.10 Å². The Bertz CT molecular complexity index is 339. The van der Waals surface area contributed by atoms with Crippen molar-refractivity contribution >= 4 is 11.3 Å². The highest BCUT2D eigenvalue weighted by Crippen LogP contribution is 2.25. The Morgan fingerprint density at radius 3 is 2.50 bits per heavy atom. The summed E-state index contributed by atoms with van der Waals surface area (Å²) in [5.74, 6) is 0. The van der Waals surface area contributed by atoms with E-state index < -0.39 is 0 Å². The van der Waals surface area contributed by atoms with Crippen molar-refractivity contribution in [3.8, 4) is 0 Å². The van der Waals surface area contributed by atoms with Gasteiger partial charge in [-0.25, -0.2) is 0 Å². The third-order valence-corrected chi connectivity index (χ3v) is 4.98. The summed E-state index contributed by atoms with van der Waals surface area (Å²) < 4.78 is 0. The van der Waals surface area contributed by atoms with Crippen LogP contribution in [0, 0.1) is 0 Å². The van der Waals surface area contributed by atoms with Gasteiger partial charge in [-0.3, -0.25) is 4.90 Å². The van der Waals surface area contributed by atoms with Crippen LogP contribution in [-0.4, -0.2) is 34.7 Å². The monoisotopic (exact) mass is 267 g/mol. The molecule has 1 atom stereocenters. The van der Waals surface area contributed by atoms with Crippen molar-refractivity contribution in [2.24, 2.45) is 0 Å². The third kappa shape index (κ3) is 3.34. The molecular weight excluding hydrogens is 242 g/mol. The molecule has 1 fully saturated rings. The largest absolute Gasteiger partial charge is 0.391 e. The number of rotatable bonds is 4. The molecule has 3 heteroatoms. The van der Waals surface area contributed by atoms with E-state index in [0.717, 1.165) is 19.5 Å². The number of aliphatic hydroxyl groups is 1. The van der Waals surface area contributed by atoms with Crippen molar-refractivity contribution < 1.29 is 5.11 Å². The van der Waals surface area contributed by atoms with Gasteiger partial charge in [0.1, 0.15) is 0 Å². The molecule has 0 aromatic carbocycles. The van der Waals surface area contributed by atoms with E-state index in [4.69, 9.17) is 0 Å². The maximum atomic E-state index is 10.6. The zero-order valence-electron chi connectivity index (χ0n) is 11.6. The fourth-order valence-corrected chi connectivity index (χ4v) is 3.42. The molecule has 0 bridgehead atoms. The maximum Gasteiger partial charge on any atom is 0.0758 e. The van der Waals surface area contributed by atoms with Crippen LogP contribution in [0.15, 0.2) is 16.8 Å². The Kier molecular flexibility index (Phi) is 4.82. The maximum absolute atomic E-state index is 10.6. The first-order valence-corrected chi connectivity index (χ1v) is 7.99. The van der Waals surface area contributed by atoms with Crippen LogP contribution in [0.4, 0.5) is 0 Å². The molecule has 1 saturated heterocycles. The average Bonchev–Trinajstić information content (AvgIpc) is 2.68. The van der Waals surface area contributed by atoms with E-state index in [2.05, 4.69) is 35.6 Å². The molecule has 0 aliphatic carbocycles. The Morgan fingerprint density at radius 1 is 1.28 bits per heavy atom. The van der Waals surface area contributed by atoms with Gasteiger partial charge in [0, 0.05) is 12.0 Å². The number of thiophene rings is 1. The SMILES string of the molecule is CC(C)(C(O)Cc1ccsc1)N1CCCCCC1. The smallest absolute Gasteiger partial charge is 0.0758 e. The van der Waals surface area contributed by atoms with E-state index in [-0.39, 0.29) is 11.6 Å². The first-order chi connectivity index (χ1) is 8.60. The van der Waals surface area contributed by atoms with Crippen molar-refractivity contribution in [2.75, 3.05) is 13.1 Å². The molecule has 0 amide bonds. The summed E-state index contributed by atoms with van der Waals surface area (Å²) in [6.45, 7) is 6.64. The number of hydrogen-bond donors (Lipinski definition) is 1. The number of likely N-dealkylation sites (tertiary alicyclic amines) is 1. The summed E-state index contributed by atoms with van der Waals surface area (Å²) in [7, 11) is 0. The highest BCUT2D eigenvalue weighted by molar-refractivity contribution is 7.07. The van der Waals surface area contributed by atoms with Gasteiger partial charge in [0.25, 0.3) is 0 Å². The summed E-state index contributed by atoms with van der Waals surface area (Å²) in [6, 6.07) is 2.12. The Balaban J connectivity index is 1.99. The van der Waals surface area contributed by atoms with E-state index in [1.165, 1.54) is 31.2 Å². The Morgan fingerprint density at radius 2 is 1.94 bits per heavy atom. The molecule has 18 heavy (non-hydrogen) atoms. The minimum Gasteiger partial charge on any atom is -0.391 e. The normalized spacial score (nSPS) is 20.6. The second-order valence-electron chi connectivity index (χ2n) is 5.91. The summed E-state index contributed by atoms with van der Waals surface area (Å²) >= 11 is 1.71. The molecule has 0 spiro atoms. The zero-order valence-corrected chi connectivity index (χ0v) is 12.4. The molecule has 1 aliphatic rings. The van der Waals surface area contributed by atoms with Gasteiger partial charge in [-0.1, -0.05) is 12.8 Å². The first-order valence-electron chi connectivity index (χ1n) is 7.05. The van der Waals surface area contributed by atoms with Gasteiger partial charge in [-0.05, 0) is 62.2 Å². The minimum absolute atomic E-state index is 0.119. The highest BCUT2D eigenvalue weighted by Gasteiger charge is 2.34. The summed E-state index contributed by atoms with van der Waals surface area (Å²) in [4.78, 5) is 2.48. The third-order valence-electron chi connectivity index (χ3n) is 4.25. The predicted octanol–water partition coefficient (Wildman–Crippen LogP) is 3.31. The van der Waals surface area contributed by atoms with Crippen molar-refractivity contribution in [3.05, 3.63) is 22.4 Å². The molecule has 1 aromatic rings. The topological polar surface area (TPSA) is 23.5 Å². The van der Waals surface area contributed by atoms with Crippen LogP contribution >= 0.6 is 11.3 Å². The fraction of sp³-hybridized carbons (Fsp3) is 0.733. The Labute approximate surface area is 115 Å². The highest BCUT2D eigenvalue weighted by atomic mass is 32.1. The molecule has 1 aromatic heterocycles. The van der Waals surface area contributed by atoms with Gasteiger partial charge in [0.2, 0.25) is 0 Å². The molecule has 1 unspecified atom stereocenters. The zero-order chi connectivity index (χ0) is 13.0. The van der Waals surface area contributed by atoms with Crippen LogP contribution in [0.3, 0.4) is 0 Å².